The number of hydrogen-bond acceptors (Lipinski definition) is 3. The molecule has 0 fully saturated rings. The summed E-state index contributed by atoms with van der Waals surface area (Å²) in [5.41, 5.74) is 2.16. The maximum Gasteiger partial charge on any atom is 0.257 e. The Hall–Kier alpha value is -2.67. The summed E-state index contributed by atoms with van der Waals surface area (Å²) in [5.74, 6) is -0.294. The number of carbonyl (C=O) groups is 1. The molecule has 0 aliphatic carbocycles. The summed E-state index contributed by atoms with van der Waals surface area (Å²) in [7, 11) is 0. The highest BCUT2D eigenvalue weighted by Gasteiger charge is 2.14. The van der Waals surface area contributed by atoms with Crippen LogP contribution in [-0.4, -0.2) is 10.9 Å². The lowest BCUT2D eigenvalue weighted by molar-refractivity contribution is 0.102. The third kappa shape index (κ3) is 2.36. The third-order valence-corrected chi connectivity index (χ3v) is 2.54. The van der Waals surface area contributed by atoms with E-state index in [0.717, 1.165) is 5.56 Å². The Balaban J connectivity index is 2.33. The maximum atomic E-state index is 12.1. The number of nitrogens with one attached hydrogen (secondary N) is 1. The predicted octanol–water partition coefficient (Wildman–Crippen LogP) is 2.51. The first-order valence-corrected chi connectivity index (χ1v) is 5.43. The minimum atomic E-state index is -0.294. The van der Waals surface area contributed by atoms with Crippen LogP contribution in [0.15, 0.2) is 42.7 Å². The van der Waals surface area contributed by atoms with Gasteiger partial charge in [-0.25, -0.2) is 0 Å². The molecule has 0 aliphatic rings. The highest BCUT2D eigenvalue weighted by Crippen LogP contribution is 2.15. The first kappa shape index (κ1) is 11.8. The van der Waals surface area contributed by atoms with E-state index in [1.807, 2.05) is 6.07 Å². The Morgan fingerprint density at radius 2 is 2.17 bits per heavy atom. The van der Waals surface area contributed by atoms with Crippen molar-refractivity contribution in [1.29, 1.82) is 5.26 Å². The van der Waals surface area contributed by atoms with Crippen LogP contribution < -0.4 is 5.32 Å². The van der Waals surface area contributed by atoms with Crippen LogP contribution in [0.25, 0.3) is 0 Å². The lowest BCUT2D eigenvalue weighted by atomic mass is 10.0. The Labute approximate surface area is 105 Å². The van der Waals surface area contributed by atoms with Crippen LogP contribution in [0.2, 0.25) is 0 Å². The van der Waals surface area contributed by atoms with Crippen molar-refractivity contribution in [2.75, 3.05) is 5.32 Å². The molecule has 0 saturated carbocycles. The molecule has 2 aromatic rings. The molecule has 88 valence electrons. The summed E-state index contributed by atoms with van der Waals surface area (Å²) >= 11 is 0. The number of benzene rings is 1. The number of amides is 1. The summed E-state index contributed by atoms with van der Waals surface area (Å²) in [6.07, 6.45) is 3.19. The fourth-order valence-corrected chi connectivity index (χ4v) is 1.69. The molecule has 0 bridgehead atoms. The fraction of sp³-hybridized carbons (Fsp3) is 0.0714. The number of carbonyl (C=O) groups excluding carboxylic acids is 1. The van der Waals surface area contributed by atoms with E-state index in [1.165, 1.54) is 0 Å². The van der Waals surface area contributed by atoms with Gasteiger partial charge in [-0.3, -0.25) is 9.78 Å². The third-order valence-electron chi connectivity index (χ3n) is 2.54. The van der Waals surface area contributed by atoms with Crippen LogP contribution in [0, 0.1) is 18.3 Å². The molecule has 1 aromatic heterocycles. The molecule has 0 saturated heterocycles. The van der Waals surface area contributed by atoms with Gasteiger partial charge in [0.1, 0.15) is 0 Å². The van der Waals surface area contributed by atoms with Crippen LogP contribution in [0.4, 0.5) is 5.69 Å². The molecule has 0 atom stereocenters. The molecule has 18 heavy (non-hydrogen) atoms. The van der Waals surface area contributed by atoms with Crippen LogP contribution >= 0.6 is 0 Å². The molecule has 1 amide bonds. The Kier molecular flexibility index (Phi) is 3.35. The van der Waals surface area contributed by atoms with Crippen molar-refractivity contribution in [2.24, 2.45) is 0 Å². The number of aryl methyl sites for hydroxylation is 1. The minimum Gasteiger partial charge on any atom is -0.321 e. The molecular formula is C14H11N3O. The Bertz CT molecular complexity index is 615. The van der Waals surface area contributed by atoms with Gasteiger partial charge in [0, 0.05) is 6.20 Å². The second-order valence-electron chi connectivity index (χ2n) is 3.81. The average molecular weight is 237 g/mol. The lowest BCUT2D eigenvalue weighted by Gasteiger charge is -2.08. The highest BCUT2D eigenvalue weighted by atomic mass is 16.1. The summed E-state index contributed by atoms with van der Waals surface area (Å²) in [4.78, 5) is 16.0. The molecule has 2 rings (SSSR count). The second kappa shape index (κ2) is 5.11. The topological polar surface area (TPSA) is 65.8 Å². The van der Waals surface area contributed by atoms with Gasteiger partial charge >= 0.3 is 0 Å². The standard InChI is InChI=1S/C14H11N3O/c1-10-4-2-5-11(8-15)13(10)14(18)17-12-6-3-7-16-9-12/h2-7,9H,1H3,(H,17,18). The van der Waals surface area contributed by atoms with E-state index in [2.05, 4.69) is 10.3 Å². The Morgan fingerprint density at radius 1 is 1.33 bits per heavy atom. The summed E-state index contributed by atoms with van der Waals surface area (Å²) in [6.45, 7) is 1.80. The van der Waals surface area contributed by atoms with E-state index >= 15 is 0 Å². The quantitative estimate of drug-likeness (QED) is 0.872. The molecule has 1 aromatic carbocycles. The molecule has 1 N–H and O–H groups in total. The highest BCUT2D eigenvalue weighted by molar-refractivity contribution is 6.06. The molecule has 0 aliphatic heterocycles. The number of pyridine rings is 1. The molecule has 0 unspecified atom stereocenters. The zero-order valence-corrected chi connectivity index (χ0v) is 9.84. The fourth-order valence-electron chi connectivity index (χ4n) is 1.69. The van der Waals surface area contributed by atoms with Gasteiger partial charge in [-0.05, 0) is 30.7 Å². The van der Waals surface area contributed by atoms with Crippen LogP contribution in [0.1, 0.15) is 21.5 Å². The lowest BCUT2D eigenvalue weighted by Crippen LogP contribution is -2.15. The summed E-state index contributed by atoms with van der Waals surface area (Å²) in [5, 5.41) is 11.7. The number of aromatic nitrogens is 1. The molecule has 4 nitrogen and oxygen atoms in total. The van der Waals surface area contributed by atoms with E-state index in [9.17, 15) is 4.79 Å². The van der Waals surface area contributed by atoms with Gasteiger partial charge in [0.05, 0.1) is 29.1 Å². The smallest absolute Gasteiger partial charge is 0.257 e. The monoisotopic (exact) mass is 237 g/mol. The van der Waals surface area contributed by atoms with E-state index in [-0.39, 0.29) is 5.91 Å². The number of rotatable bonds is 2. The predicted molar refractivity (Wildman–Crippen MR) is 68.1 cm³/mol. The maximum absolute atomic E-state index is 12.1. The largest absolute Gasteiger partial charge is 0.321 e. The average Bonchev–Trinajstić information content (AvgIpc) is 2.39. The summed E-state index contributed by atoms with van der Waals surface area (Å²) in [6, 6.07) is 10.7. The van der Waals surface area contributed by atoms with Crippen molar-refractivity contribution in [1.82, 2.24) is 4.98 Å². The first-order chi connectivity index (χ1) is 8.72. The summed E-state index contributed by atoms with van der Waals surface area (Å²) < 4.78 is 0. The van der Waals surface area contributed by atoms with E-state index in [4.69, 9.17) is 5.26 Å². The number of nitrogens with zero attached hydrogens (tertiary/aromatic N) is 2. The van der Waals surface area contributed by atoms with Crippen LogP contribution in [0.5, 0.6) is 0 Å². The van der Waals surface area contributed by atoms with E-state index in [0.29, 0.717) is 16.8 Å². The minimum absolute atomic E-state index is 0.294. The van der Waals surface area contributed by atoms with Crippen LogP contribution in [0.3, 0.4) is 0 Å². The van der Waals surface area contributed by atoms with Gasteiger partial charge in [0.2, 0.25) is 0 Å². The zero-order valence-electron chi connectivity index (χ0n) is 9.84. The van der Waals surface area contributed by atoms with Crippen molar-refractivity contribution < 1.29 is 4.79 Å². The SMILES string of the molecule is Cc1cccc(C#N)c1C(=O)Nc1cccnc1. The number of nitriles is 1. The first-order valence-electron chi connectivity index (χ1n) is 5.43. The van der Waals surface area contributed by atoms with Crippen molar-refractivity contribution >= 4 is 11.6 Å². The Morgan fingerprint density at radius 3 is 2.83 bits per heavy atom. The molecule has 0 radical (unpaired) electrons. The van der Waals surface area contributed by atoms with Crippen molar-refractivity contribution in [3.8, 4) is 6.07 Å². The van der Waals surface area contributed by atoms with Gasteiger partial charge in [0.15, 0.2) is 0 Å². The van der Waals surface area contributed by atoms with Gasteiger partial charge in [-0.15, -0.1) is 0 Å². The van der Waals surface area contributed by atoms with Gasteiger partial charge in [-0.2, -0.15) is 5.26 Å². The zero-order chi connectivity index (χ0) is 13.0. The molecule has 1 heterocycles. The van der Waals surface area contributed by atoms with Gasteiger partial charge in [-0.1, -0.05) is 12.1 Å². The van der Waals surface area contributed by atoms with Crippen molar-refractivity contribution in [3.05, 3.63) is 59.4 Å². The van der Waals surface area contributed by atoms with Crippen molar-refractivity contribution in [2.45, 2.75) is 6.92 Å². The van der Waals surface area contributed by atoms with Crippen molar-refractivity contribution in [3.63, 3.8) is 0 Å². The molecule has 4 heteroatoms. The van der Waals surface area contributed by atoms with Gasteiger partial charge in [0.25, 0.3) is 5.91 Å². The van der Waals surface area contributed by atoms with E-state index < -0.39 is 0 Å². The number of anilines is 1. The second-order valence-corrected chi connectivity index (χ2v) is 3.81. The molecular weight excluding hydrogens is 226 g/mol. The number of hydrogen-bond donors (Lipinski definition) is 1. The normalized spacial score (nSPS) is 9.56. The van der Waals surface area contributed by atoms with Crippen LogP contribution in [-0.2, 0) is 0 Å². The van der Waals surface area contributed by atoms with E-state index in [1.54, 1.807) is 49.6 Å². The molecule has 0 spiro atoms. The van der Waals surface area contributed by atoms with Gasteiger partial charge < -0.3 is 5.32 Å².